The number of nitrogens with zero attached hydrogens (tertiary/aromatic N) is 3. The summed E-state index contributed by atoms with van der Waals surface area (Å²) in [6.45, 7) is 5.90. The normalized spacial score (nSPS) is 11.1. The Morgan fingerprint density at radius 3 is 2.45 bits per heavy atom. The van der Waals surface area contributed by atoms with E-state index in [1.54, 1.807) is 30.5 Å². The molecule has 0 aliphatic carbocycles. The number of halogens is 1. The molecule has 0 aliphatic rings. The van der Waals surface area contributed by atoms with E-state index in [2.05, 4.69) is 20.6 Å². The number of aryl methyl sites for hydroxylation is 1. The Hall–Kier alpha value is -3.91. The maximum Gasteiger partial charge on any atom is 0.323 e. The summed E-state index contributed by atoms with van der Waals surface area (Å²) in [4.78, 5) is 34.3. The number of rotatable bonds is 5. The molecule has 0 saturated carbocycles. The minimum absolute atomic E-state index is 0.0529. The standard InChI is InChI=1S/C24H23ClN6O2/c1-13(2)31-11-18(20-22(26)27-12-28-23(20)31)21(32)17-10-16(7-8-19(17)25)30-24(33)29-15-6-4-5-14(3)9-15/h4-13H,1-3H3,(H2,26,27,28)(H2,29,30,33). The smallest absolute Gasteiger partial charge is 0.323 e. The van der Waals surface area contributed by atoms with Gasteiger partial charge in [0.05, 0.1) is 16.0 Å². The molecule has 2 aromatic heterocycles. The zero-order chi connectivity index (χ0) is 23.7. The molecule has 8 nitrogen and oxygen atoms in total. The summed E-state index contributed by atoms with van der Waals surface area (Å²) >= 11 is 6.37. The lowest BCUT2D eigenvalue weighted by Gasteiger charge is -2.10. The first-order valence-corrected chi connectivity index (χ1v) is 10.7. The molecule has 4 rings (SSSR count). The van der Waals surface area contributed by atoms with Crippen LogP contribution in [0.1, 0.15) is 41.4 Å². The van der Waals surface area contributed by atoms with Gasteiger partial charge in [0.15, 0.2) is 5.78 Å². The molecule has 0 aliphatic heterocycles. The van der Waals surface area contributed by atoms with Crippen LogP contribution in [0.4, 0.5) is 22.0 Å². The van der Waals surface area contributed by atoms with Crippen molar-refractivity contribution in [3.05, 3.63) is 76.7 Å². The van der Waals surface area contributed by atoms with Gasteiger partial charge in [0.1, 0.15) is 17.8 Å². The van der Waals surface area contributed by atoms with Gasteiger partial charge in [-0.05, 0) is 56.7 Å². The Kier molecular flexibility index (Phi) is 6.02. The number of carbonyl (C=O) groups excluding carboxylic acids is 2. The number of carbonyl (C=O) groups is 2. The van der Waals surface area contributed by atoms with Crippen molar-refractivity contribution in [2.45, 2.75) is 26.8 Å². The molecular weight excluding hydrogens is 440 g/mol. The molecule has 0 bridgehead atoms. The second-order valence-corrected chi connectivity index (χ2v) is 8.38. The molecule has 0 atom stereocenters. The van der Waals surface area contributed by atoms with Crippen LogP contribution in [0.3, 0.4) is 0 Å². The lowest BCUT2D eigenvalue weighted by molar-refractivity contribution is 0.104. The highest BCUT2D eigenvalue weighted by Crippen LogP contribution is 2.31. The van der Waals surface area contributed by atoms with Crippen LogP contribution in [0.2, 0.25) is 5.02 Å². The number of hydrogen-bond donors (Lipinski definition) is 3. The Morgan fingerprint density at radius 2 is 1.76 bits per heavy atom. The van der Waals surface area contributed by atoms with Crippen molar-refractivity contribution in [1.82, 2.24) is 14.5 Å². The van der Waals surface area contributed by atoms with Gasteiger partial charge in [0, 0.05) is 29.2 Å². The van der Waals surface area contributed by atoms with Crippen molar-refractivity contribution < 1.29 is 9.59 Å². The van der Waals surface area contributed by atoms with Crippen molar-refractivity contribution >= 4 is 51.6 Å². The van der Waals surface area contributed by atoms with Gasteiger partial charge in [-0.25, -0.2) is 14.8 Å². The van der Waals surface area contributed by atoms with Crippen LogP contribution in [-0.4, -0.2) is 26.3 Å². The third kappa shape index (κ3) is 4.51. The molecule has 2 amide bonds. The van der Waals surface area contributed by atoms with E-state index in [1.807, 2.05) is 43.5 Å². The van der Waals surface area contributed by atoms with Gasteiger partial charge in [-0.15, -0.1) is 0 Å². The summed E-state index contributed by atoms with van der Waals surface area (Å²) in [5.41, 5.74) is 9.35. The van der Waals surface area contributed by atoms with Crippen LogP contribution in [0.5, 0.6) is 0 Å². The number of amides is 2. The van der Waals surface area contributed by atoms with Crippen LogP contribution < -0.4 is 16.4 Å². The van der Waals surface area contributed by atoms with E-state index in [1.165, 1.54) is 6.33 Å². The van der Waals surface area contributed by atoms with Gasteiger partial charge >= 0.3 is 6.03 Å². The minimum atomic E-state index is -0.435. The Morgan fingerprint density at radius 1 is 1.03 bits per heavy atom. The SMILES string of the molecule is Cc1cccc(NC(=O)Nc2ccc(Cl)c(C(=O)c3cn(C(C)C)c4ncnc(N)c34)c2)c1. The van der Waals surface area contributed by atoms with Gasteiger partial charge < -0.3 is 20.9 Å². The highest BCUT2D eigenvalue weighted by Gasteiger charge is 2.23. The predicted octanol–water partition coefficient (Wildman–Crippen LogP) is 5.43. The summed E-state index contributed by atoms with van der Waals surface area (Å²) in [6.07, 6.45) is 3.08. The molecule has 2 aromatic carbocycles. The Balaban J connectivity index is 1.66. The van der Waals surface area contributed by atoms with Crippen LogP contribution in [-0.2, 0) is 0 Å². The van der Waals surface area contributed by atoms with Crippen molar-refractivity contribution in [1.29, 1.82) is 0 Å². The average Bonchev–Trinajstić information content (AvgIpc) is 3.16. The van der Waals surface area contributed by atoms with Crippen molar-refractivity contribution in [2.75, 3.05) is 16.4 Å². The molecule has 168 valence electrons. The molecule has 4 N–H and O–H groups in total. The van der Waals surface area contributed by atoms with E-state index in [0.717, 1.165) is 5.56 Å². The molecule has 0 radical (unpaired) electrons. The molecule has 4 aromatic rings. The van der Waals surface area contributed by atoms with Gasteiger partial charge in [0.25, 0.3) is 0 Å². The van der Waals surface area contributed by atoms with Gasteiger partial charge in [-0.3, -0.25) is 4.79 Å². The van der Waals surface area contributed by atoms with E-state index >= 15 is 0 Å². The predicted molar refractivity (Wildman–Crippen MR) is 131 cm³/mol. The van der Waals surface area contributed by atoms with Crippen molar-refractivity contribution in [3.63, 3.8) is 0 Å². The lowest BCUT2D eigenvalue weighted by Crippen LogP contribution is -2.19. The summed E-state index contributed by atoms with van der Waals surface area (Å²) in [5.74, 6) is -0.126. The maximum atomic E-state index is 13.5. The van der Waals surface area contributed by atoms with Gasteiger partial charge in [-0.1, -0.05) is 23.7 Å². The van der Waals surface area contributed by atoms with Gasteiger partial charge in [0.2, 0.25) is 0 Å². The summed E-state index contributed by atoms with van der Waals surface area (Å²) in [6, 6.07) is 11.8. The van der Waals surface area contributed by atoms with Crippen molar-refractivity contribution in [3.8, 4) is 0 Å². The highest BCUT2D eigenvalue weighted by atomic mass is 35.5. The number of ketones is 1. The fourth-order valence-electron chi connectivity index (χ4n) is 3.61. The summed E-state index contributed by atoms with van der Waals surface area (Å²) in [7, 11) is 0. The molecule has 0 fully saturated rings. The summed E-state index contributed by atoms with van der Waals surface area (Å²) < 4.78 is 1.87. The number of nitrogens with one attached hydrogen (secondary N) is 2. The zero-order valence-corrected chi connectivity index (χ0v) is 19.1. The van der Waals surface area contributed by atoms with Gasteiger partial charge in [-0.2, -0.15) is 0 Å². The second-order valence-electron chi connectivity index (χ2n) is 7.97. The Labute approximate surface area is 195 Å². The topological polar surface area (TPSA) is 115 Å². The molecular formula is C24H23ClN6O2. The van der Waals surface area contributed by atoms with Crippen LogP contribution in [0.15, 0.2) is 55.0 Å². The van der Waals surface area contributed by atoms with E-state index in [-0.39, 0.29) is 28.2 Å². The van der Waals surface area contributed by atoms with Crippen LogP contribution in [0.25, 0.3) is 11.0 Å². The first kappa shape index (κ1) is 22.3. The van der Waals surface area contributed by atoms with Crippen LogP contribution in [0, 0.1) is 6.92 Å². The number of fused-ring (bicyclic) bond motifs is 1. The fourth-order valence-corrected chi connectivity index (χ4v) is 3.82. The molecule has 0 unspecified atom stereocenters. The molecule has 9 heteroatoms. The average molecular weight is 463 g/mol. The van der Waals surface area contributed by atoms with E-state index in [0.29, 0.717) is 28.0 Å². The molecule has 0 saturated heterocycles. The Bertz CT molecular complexity index is 1380. The minimum Gasteiger partial charge on any atom is -0.383 e. The first-order chi connectivity index (χ1) is 15.7. The number of benzene rings is 2. The lowest BCUT2D eigenvalue weighted by atomic mass is 10.0. The third-order valence-corrected chi connectivity index (χ3v) is 5.51. The van der Waals surface area contributed by atoms with E-state index in [4.69, 9.17) is 17.3 Å². The largest absolute Gasteiger partial charge is 0.383 e. The van der Waals surface area contributed by atoms with E-state index < -0.39 is 6.03 Å². The molecule has 0 spiro atoms. The van der Waals surface area contributed by atoms with E-state index in [9.17, 15) is 9.59 Å². The quantitative estimate of drug-likeness (QED) is 0.342. The number of anilines is 3. The van der Waals surface area contributed by atoms with Crippen molar-refractivity contribution in [2.24, 2.45) is 0 Å². The fraction of sp³-hybridized carbons (Fsp3) is 0.167. The zero-order valence-electron chi connectivity index (χ0n) is 18.4. The monoisotopic (exact) mass is 462 g/mol. The number of nitrogens with two attached hydrogens (primary N) is 1. The number of aromatic nitrogens is 3. The maximum absolute atomic E-state index is 13.5. The molecule has 2 heterocycles. The number of hydrogen-bond acceptors (Lipinski definition) is 5. The third-order valence-electron chi connectivity index (χ3n) is 5.18. The second kappa shape index (κ2) is 8.91. The van der Waals surface area contributed by atoms with Crippen LogP contribution >= 0.6 is 11.6 Å². The number of urea groups is 1. The molecule has 33 heavy (non-hydrogen) atoms. The highest BCUT2D eigenvalue weighted by molar-refractivity contribution is 6.36. The number of nitrogen functional groups attached to an aromatic ring is 1. The summed E-state index contributed by atoms with van der Waals surface area (Å²) in [5, 5.41) is 6.24. The first-order valence-electron chi connectivity index (χ1n) is 10.3.